The molecule has 0 aromatic heterocycles. The Morgan fingerprint density at radius 3 is 2.24 bits per heavy atom. The molecule has 0 heterocycles. The molecular weight excluding hydrogens is 230 g/mol. The van der Waals surface area contributed by atoms with Gasteiger partial charge in [0.05, 0.1) is 6.10 Å². The van der Waals surface area contributed by atoms with Crippen molar-refractivity contribution in [1.29, 1.82) is 0 Å². The van der Waals surface area contributed by atoms with Gasteiger partial charge in [0.15, 0.2) is 0 Å². The molecule has 1 rings (SSSR count). The molecule has 1 aliphatic rings. The van der Waals surface area contributed by atoms with E-state index in [1.54, 1.807) is 0 Å². The Kier molecular flexibility index (Phi) is 4.94. The smallest absolute Gasteiger partial charge is 0.111 e. The van der Waals surface area contributed by atoms with Gasteiger partial charge in [-0.05, 0) is 17.8 Å². The maximum absolute atomic E-state index is 12.3. The molecule has 0 N–H and O–H groups in total. The topological polar surface area (TPSA) is 26.3 Å². The molecule has 0 aliphatic heterocycles. The highest BCUT2D eigenvalue weighted by Gasteiger charge is 2.45. The van der Waals surface area contributed by atoms with Crippen LogP contribution in [0.25, 0.3) is 0 Å². The van der Waals surface area contributed by atoms with Crippen LogP contribution in [0.4, 0.5) is 0 Å². The van der Waals surface area contributed by atoms with Crippen LogP contribution in [0.2, 0.25) is 5.82 Å². The zero-order valence-corrected chi connectivity index (χ0v) is 13.2. The van der Waals surface area contributed by atoms with Gasteiger partial charge < -0.3 is 9.30 Å². The summed E-state index contributed by atoms with van der Waals surface area (Å²) in [5.74, 6) is 1.24. The third-order valence-corrected chi connectivity index (χ3v) is 8.19. The van der Waals surface area contributed by atoms with Crippen molar-refractivity contribution in [1.82, 2.24) is 0 Å². The van der Waals surface area contributed by atoms with E-state index in [4.69, 9.17) is 4.74 Å². The van der Waals surface area contributed by atoms with Gasteiger partial charge in [-0.2, -0.15) is 0 Å². The second kappa shape index (κ2) is 5.49. The Balaban J connectivity index is 2.58. The predicted octanol–water partition coefficient (Wildman–Crippen LogP) is 3.22. The van der Waals surface area contributed by atoms with Crippen LogP contribution in [0, 0.1) is 11.3 Å². The SMILES string of the molecule is BC1CC(OCP(=O)(CC)CC)C(C)C1(C)C. The number of hydrogen-bond donors (Lipinski definition) is 0. The quantitative estimate of drug-likeness (QED) is 0.559. The molecule has 100 valence electrons. The van der Waals surface area contributed by atoms with Crippen molar-refractivity contribution in [2.75, 3.05) is 18.7 Å². The highest BCUT2D eigenvalue weighted by atomic mass is 31.2. The molecule has 1 aliphatic carbocycles. The van der Waals surface area contributed by atoms with Gasteiger partial charge in [0.2, 0.25) is 0 Å². The van der Waals surface area contributed by atoms with Crippen LogP contribution in [-0.2, 0) is 9.30 Å². The van der Waals surface area contributed by atoms with E-state index in [9.17, 15) is 4.57 Å². The van der Waals surface area contributed by atoms with E-state index in [0.717, 1.165) is 18.7 Å². The maximum Gasteiger partial charge on any atom is 0.111 e. The molecule has 0 amide bonds. The van der Waals surface area contributed by atoms with Gasteiger partial charge in [-0.3, -0.25) is 0 Å². The summed E-state index contributed by atoms with van der Waals surface area (Å²) in [7, 11) is 0.261. The van der Waals surface area contributed by atoms with Gasteiger partial charge in [-0.15, -0.1) is 0 Å². The summed E-state index contributed by atoms with van der Waals surface area (Å²) < 4.78 is 18.3. The van der Waals surface area contributed by atoms with Crippen molar-refractivity contribution >= 4 is 15.0 Å². The molecule has 1 saturated carbocycles. The van der Waals surface area contributed by atoms with Gasteiger partial charge >= 0.3 is 0 Å². The molecule has 0 saturated heterocycles. The fraction of sp³-hybridized carbons (Fsp3) is 1.00. The molecule has 0 spiro atoms. The normalized spacial score (nSPS) is 32.9. The maximum atomic E-state index is 12.3. The summed E-state index contributed by atoms with van der Waals surface area (Å²) in [4.78, 5) is 0. The minimum atomic E-state index is -2.04. The van der Waals surface area contributed by atoms with E-state index in [-0.39, 0.29) is 0 Å². The minimum Gasteiger partial charge on any atom is -0.370 e. The van der Waals surface area contributed by atoms with Crippen molar-refractivity contribution < 1.29 is 9.30 Å². The molecule has 0 aromatic carbocycles. The largest absolute Gasteiger partial charge is 0.370 e. The van der Waals surface area contributed by atoms with E-state index in [1.807, 2.05) is 13.8 Å². The van der Waals surface area contributed by atoms with Gasteiger partial charge in [-0.1, -0.05) is 40.4 Å². The monoisotopic (exact) mass is 258 g/mol. The molecule has 0 bridgehead atoms. The molecule has 2 nitrogen and oxygen atoms in total. The first-order valence-electron chi connectivity index (χ1n) is 6.95. The third-order valence-electron chi connectivity index (χ3n) is 5.26. The Labute approximate surface area is 108 Å². The fourth-order valence-electron chi connectivity index (χ4n) is 2.63. The molecule has 1 fully saturated rings. The van der Waals surface area contributed by atoms with Crippen LogP contribution in [0.5, 0.6) is 0 Å². The Morgan fingerprint density at radius 2 is 1.88 bits per heavy atom. The highest BCUT2D eigenvalue weighted by molar-refractivity contribution is 7.63. The van der Waals surface area contributed by atoms with Gasteiger partial charge in [0.1, 0.15) is 21.3 Å². The second-order valence-corrected chi connectivity index (χ2v) is 9.91. The minimum absolute atomic E-state index is 0.298. The molecule has 0 radical (unpaired) electrons. The van der Waals surface area contributed by atoms with E-state index in [0.29, 0.717) is 29.6 Å². The lowest BCUT2D eigenvalue weighted by Gasteiger charge is -2.30. The Hall–Kier alpha value is 0.255. The molecule has 3 atom stereocenters. The fourth-order valence-corrected chi connectivity index (χ4v) is 3.91. The molecule has 3 unspecified atom stereocenters. The zero-order chi connectivity index (χ0) is 13.3. The summed E-state index contributed by atoms with van der Waals surface area (Å²) in [6.45, 7) is 10.9. The van der Waals surface area contributed by atoms with Crippen molar-refractivity contribution in [3.63, 3.8) is 0 Å². The lowest BCUT2D eigenvalue weighted by Crippen LogP contribution is -2.26. The molecular formula is C13H28BO2P. The van der Waals surface area contributed by atoms with E-state index in [2.05, 4.69) is 28.6 Å². The summed E-state index contributed by atoms with van der Waals surface area (Å²) >= 11 is 0. The summed E-state index contributed by atoms with van der Waals surface area (Å²) in [5.41, 5.74) is 0.340. The molecule has 0 aromatic rings. The van der Waals surface area contributed by atoms with Crippen LogP contribution in [0.3, 0.4) is 0 Å². The summed E-state index contributed by atoms with van der Waals surface area (Å²) in [6.07, 6.45) is 3.43. The van der Waals surface area contributed by atoms with Gasteiger partial charge in [0.25, 0.3) is 0 Å². The van der Waals surface area contributed by atoms with E-state index >= 15 is 0 Å². The summed E-state index contributed by atoms with van der Waals surface area (Å²) in [6, 6.07) is 0. The molecule has 4 heteroatoms. The van der Waals surface area contributed by atoms with Crippen LogP contribution in [-0.4, -0.2) is 32.6 Å². The molecule has 17 heavy (non-hydrogen) atoms. The van der Waals surface area contributed by atoms with E-state index < -0.39 is 7.14 Å². The number of ether oxygens (including phenoxy) is 1. The second-order valence-electron chi connectivity index (χ2n) is 6.27. The predicted molar refractivity (Wildman–Crippen MR) is 78.3 cm³/mol. The first kappa shape index (κ1) is 15.3. The first-order chi connectivity index (χ1) is 7.77. The van der Waals surface area contributed by atoms with E-state index in [1.165, 1.54) is 0 Å². The standard InChI is InChI=1S/C13H28BO2P/c1-6-17(15,7-2)9-16-11-8-12(14)13(4,5)10(11)3/h10-12H,6-9,14H2,1-5H3. The zero-order valence-electron chi connectivity index (χ0n) is 12.3. The lowest BCUT2D eigenvalue weighted by atomic mass is 9.67. The number of rotatable bonds is 5. The van der Waals surface area contributed by atoms with Crippen molar-refractivity contribution in [2.24, 2.45) is 11.3 Å². The van der Waals surface area contributed by atoms with Crippen molar-refractivity contribution in [3.8, 4) is 0 Å². The van der Waals surface area contributed by atoms with Crippen LogP contribution in [0.1, 0.15) is 41.0 Å². The van der Waals surface area contributed by atoms with Crippen LogP contribution >= 0.6 is 7.14 Å². The van der Waals surface area contributed by atoms with Gasteiger partial charge in [0, 0.05) is 12.3 Å². The van der Waals surface area contributed by atoms with Crippen LogP contribution < -0.4 is 0 Å². The van der Waals surface area contributed by atoms with Crippen molar-refractivity contribution in [3.05, 3.63) is 0 Å². The van der Waals surface area contributed by atoms with Crippen molar-refractivity contribution in [2.45, 2.75) is 53.0 Å². The average molecular weight is 258 g/mol. The Bertz CT molecular complexity index is 296. The lowest BCUT2D eigenvalue weighted by molar-refractivity contribution is 0.0412. The first-order valence-corrected chi connectivity index (χ1v) is 9.21. The van der Waals surface area contributed by atoms with Gasteiger partial charge in [-0.25, -0.2) is 0 Å². The summed E-state index contributed by atoms with van der Waals surface area (Å²) in [5, 5.41) is 0. The number of hydrogen-bond acceptors (Lipinski definition) is 2. The van der Waals surface area contributed by atoms with Crippen LogP contribution in [0.15, 0.2) is 0 Å². The Morgan fingerprint density at radius 1 is 1.35 bits per heavy atom. The average Bonchev–Trinajstić information content (AvgIpc) is 2.50. The third kappa shape index (κ3) is 3.17. The highest BCUT2D eigenvalue weighted by Crippen LogP contribution is 2.52.